The Labute approximate surface area is 127 Å². The Bertz CT molecular complexity index is 692. The van der Waals surface area contributed by atoms with Gasteiger partial charge in [-0.1, -0.05) is 5.16 Å². The van der Waals surface area contributed by atoms with Gasteiger partial charge in [-0.25, -0.2) is 0 Å². The van der Waals surface area contributed by atoms with Crippen LogP contribution in [0.15, 0.2) is 35.1 Å². The standard InChI is InChI=1S/C15H16N4O3/c1-10-8-12(19-22-10)18-14(21)15(4-5-15)13(20)17-9-11-2-6-16-7-3-11/h2-3,6-8H,4-5,9H2,1H3,(H,17,20)(H,18,19,21). The van der Waals surface area contributed by atoms with Crippen molar-refractivity contribution < 1.29 is 14.1 Å². The number of aryl methyl sites for hydroxylation is 1. The number of hydrogen-bond acceptors (Lipinski definition) is 5. The van der Waals surface area contributed by atoms with E-state index in [1.54, 1.807) is 25.4 Å². The van der Waals surface area contributed by atoms with E-state index in [-0.39, 0.29) is 11.8 Å². The predicted octanol–water partition coefficient (Wildman–Crippen LogP) is 1.41. The number of hydrogen-bond donors (Lipinski definition) is 2. The first-order valence-electron chi connectivity index (χ1n) is 7.02. The average molecular weight is 300 g/mol. The summed E-state index contributed by atoms with van der Waals surface area (Å²) in [6, 6.07) is 5.25. The lowest BCUT2D eigenvalue weighted by Crippen LogP contribution is -2.39. The molecule has 2 amide bonds. The third kappa shape index (κ3) is 2.83. The molecule has 3 rings (SSSR count). The number of pyridine rings is 1. The van der Waals surface area contributed by atoms with Crippen LogP contribution in [0.2, 0.25) is 0 Å². The molecule has 0 aliphatic heterocycles. The molecular weight excluding hydrogens is 284 g/mol. The summed E-state index contributed by atoms with van der Waals surface area (Å²) >= 11 is 0. The quantitative estimate of drug-likeness (QED) is 0.814. The number of aromatic nitrogens is 2. The lowest BCUT2D eigenvalue weighted by molar-refractivity contribution is -0.134. The zero-order valence-corrected chi connectivity index (χ0v) is 12.1. The van der Waals surface area contributed by atoms with E-state index in [0.29, 0.717) is 31.0 Å². The summed E-state index contributed by atoms with van der Waals surface area (Å²) in [4.78, 5) is 28.5. The second-order valence-electron chi connectivity index (χ2n) is 5.40. The van der Waals surface area contributed by atoms with E-state index >= 15 is 0 Å². The molecule has 1 saturated carbocycles. The van der Waals surface area contributed by atoms with Crippen molar-refractivity contribution in [1.29, 1.82) is 0 Å². The molecular formula is C15H16N4O3. The van der Waals surface area contributed by atoms with Crippen molar-refractivity contribution in [3.8, 4) is 0 Å². The van der Waals surface area contributed by atoms with Gasteiger partial charge >= 0.3 is 0 Å². The Kier molecular flexibility index (Phi) is 3.62. The molecule has 7 nitrogen and oxygen atoms in total. The minimum Gasteiger partial charge on any atom is -0.360 e. The van der Waals surface area contributed by atoms with Gasteiger partial charge in [0.2, 0.25) is 11.8 Å². The zero-order valence-electron chi connectivity index (χ0n) is 12.1. The molecule has 22 heavy (non-hydrogen) atoms. The van der Waals surface area contributed by atoms with E-state index in [2.05, 4.69) is 20.8 Å². The molecule has 0 saturated heterocycles. The monoisotopic (exact) mass is 300 g/mol. The van der Waals surface area contributed by atoms with E-state index in [1.807, 2.05) is 12.1 Å². The van der Waals surface area contributed by atoms with Gasteiger partial charge in [-0.05, 0) is 37.5 Å². The van der Waals surface area contributed by atoms with Crippen LogP contribution < -0.4 is 10.6 Å². The summed E-state index contributed by atoms with van der Waals surface area (Å²) in [7, 11) is 0. The molecule has 2 aromatic rings. The Hall–Kier alpha value is -2.70. The molecule has 0 spiro atoms. The van der Waals surface area contributed by atoms with Crippen molar-refractivity contribution in [3.63, 3.8) is 0 Å². The minimum absolute atomic E-state index is 0.262. The number of anilines is 1. The number of carbonyl (C=O) groups is 2. The van der Waals surface area contributed by atoms with Crippen LogP contribution in [-0.4, -0.2) is 22.0 Å². The van der Waals surface area contributed by atoms with Crippen LogP contribution in [0.3, 0.4) is 0 Å². The van der Waals surface area contributed by atoms with E-state index in [1.165, 1.54) is 0 Å². The summed E-state index contributed by atoms with van der Waals surface area (Å²) < 4.78 is 4.89. The average Bonchev–Trinajstić information content (AvgIpc) is 3.25. The maximum absolute atomic E-state index is 12.3. The van der Waals surface area contributed by atoms with Gasteiger partial charge in [0, 0.05) is 25.0 Å². The lowest BCUT2D eigenvalue weighted by Gasteiger charge is -2.14. The highest BCUT2D eigenvalue weighted by Crippen LogP contribution is 2.46. The van der Waals surface area contributed by atoms with Gasteiger partial charge in [-0.15, -0.1) is 0 Å². The maximum Gasteiger partial charge on any atom is 0.241 e. The molecule has 114 valence electrons. The third-order valence-corrected chi connectivity index (χ3v) is 3.69. The molecule has 0 atom stereocenters. The predicted molar refractivity (Wildman–Crippen MR) is 77.6 cm³/mol. The van der Waals surface area contributed by atoms with Crippen LogP contribution in [0.25, 0.3) is 0 Å². The molecule has 2 N–H and O–H groups in total. The van der Waals surface area contributed by atoms with E-state index in [0.717, 1.165) is 5.56 Å². The topological polar surface area (TPSA) is 97.1 Å². The first kappa shape index (κ1) is 14.2. The van der Waals surface area contributed by atoms with E-state index < -0.39 is 5.41 Å². The van der Waals surface area contributed by atoms with Crippen LogP contribution in [0.5, 0.6) is 0 Å². The van der Waals surface area contributed by atoms with Crippen LogP contribution in [0.1, 0.15) is 24.2 Å². The summed E-state index contributed by atoms with van der Waals surface area (Å²) in [6.45, 7) is 2.11. The Morgan fingerprint density at radius 1 is 1.27 bits per heavy atom. The number of rotatable bonds is 5. The van der Waals surface area contributed by atoms with Gasteiger partial charge in [-0.2, -0.15) is 0 Å². The summed E-state index contributed by atoms with van der Waals surface area (Å²) in [5.74, 6) is 0.327. The van der Waals surface area contributed by atoms with Crippen molar-refractivity contribution in [2.24, 2.45) is 5.41 Å². The normalized spacial score (nSPS) is 15.1. The molecule has 7 heteroatoms. The van der Waals surface area contributed by atoms with Crippen molar-refractivity contribution >= 4 is 17.6 Å². The van der Waals surface area contributed by atoms with Crippen molar-refractivity contribution in [2.45, 2.75) is 26.3 Å². The number of carbonyl (C=O) groups excluding carboxylic acids is 2. The first-order valence-corrected chi connectivity index (χ1v) is 7.02. The van der Waals surface area contributed by atoms with Gasteiger partial charge in [0.1, 0.15) is 11.2 Å². The van der Waals surface area contributed by atoms with Crippen molar-refractivity contribution in [1.82, 2.24) is 15.5 Å². The third-order valence-electron chi connectivity index (χ3n) is 3.69. The van der Waals surface area contributed by atoms with E-state index in [4.69, 9.17) is 4.52 Å². The van der Waals surface area contributed by atoms with Gasteiger partial charge in [0.05, 0.1) is 0 Å². The molecule has 2 heterocycles. The zero-order chi connectivity index (χ0) is 15.6. The van der Waals surface area contributed by atoms with Gasteiger partial charge in [0.15, 0.2) is 5.82 Å². The number of nitrogens with one attached hydrogen (secondary N) is 2. The van der Waals surface area contributed by atoms with Crippen LogP contribution in [-0.2, 0) is 16.1 Å². The number of amides is 2. The van der Waals surface area contributed by atoms with Crippen LogP contribution in [0, 0.1) is 12.3 Å². The fourth-order valence-electron chi connectivity index (χ4n) is 2.20. The Morgan fingerprint density at radius 3 is 2.59 bits per heavy atom. The minimum atomic E-state index is -0.986. The highest BCUT2D eigenvalue weighted by Gasteiger charge is 2.56. The Balaban J connectivity index is 1.60. The fourth-order valence-corrected chi connectivity index (χ4v) is 2.20. The van der Waals surface area contributed by atoms with Gasteiger partial charge in [0.25, 0.3) is 0 Å². The summed E-state index contributed by atoms with van der Waals surface area (Å²) in [5, 5.41) is 9.14. The second kappa shape index (κ2) is 5.59. The first-order chi connectivity index (χ1) is 10.6. The van der Waals surface area contributed by atoms with Crippen LogP contribution >= 0.6 is 0 Å². The molecule has 0 radical (unpaired) electrons. The van der Waals surface area contributed by atoms with Gasteiger partial charge in [-0.3, -0.25) is 14.6 Å². The molecule has 1 aliphatic rings. The molecule has 0 unspecified atom stereocenters. The SMILES string of the molecule is Cc1cc(NC(=O)C2(C(=O)NCc3ccncc3)CC2)no1. The van der Waals surface area contributed by atoms with Gasteiger partial charge < -0.3 is 15.2 Å². The molecule has 1 aliphatic carbocycles. The fraction of sp³-hybridized carbons (Fsp3) is 0.333. The van der Waals surface area contributed by atoms with Crippen LogP contribution in [0.4, 0.5) is 5.82 Å². The maximum atomic E-state index is 12.3. The van der Waals surface area contributed by atoms with E-state index in [9.17, 15) is 9.59 Å². The summed E-state index contributed by atoms with van der Waals surface area (Å²) in [6.07, 6.45) is 4.40. The molecule has 2 aromatic heterocycles. The Morgan fingerprint density at radius 2 is 2.00 bits per heavy atom. The second-order valence-corrected chi connectivity index (χ2v) is 5.40. The smallest absolute Gasteiger partial charge is 0.241 e. The lowest BCUT2D eigenvalue weighted by atomic mass is 10.1. The highest BCUT2D eigenvalue weighted by atomic mass is 16.5. The highest BCUT2D eigenvalue weighted by molar-refractivity contribution is 6.12. The molecule has 0 bridgehead atoms. The summed E-state index contributed by atoms with van der Waals surface area (Å²) in [5.41, 5.74) is -0.0495. The molecule has 0 aromatic carbocycles. The number of nitrogens with zero attached hydrogens (tertiary/aromatic N) is 2. The molecule has 1 fully saturated rings. The van der Waals surface area contributed by atoms with Crippen molar-refractivity contribution in [3.05, 3.63) is 41.9 Å². The largest absolute Gasteiger partial charge is 0.360 e. The van der Waals surface area contributed by atoms with Crippen molar-refractivity contribution in [2.75, 3.05) is 5.32 Å².